The summed E-state index contributed by atoms with van der Waals surface area (Å²) in [6, 6.07) is 10.2. The Bertz CT molecular complexity index is 521. The van der Waals surface area contributed by atoms with Gasteiger partial charge in [-0.05, 0) is 73.1 Å². The van der Waals surface area contributed by atoms with Gasteiger partial charge in [0.1, 0.15) is 0 Å². The molecule has 1 saturated heterocycles. The van der Waals surface area contributed by atoms with Gasteiger partial charge in [-0.3, -0.25) is 4.90 Å². The minimum absolute atomic E-state index is 0.271. The van der Waals surface area contributed by atoms with Crippen molar-refractivity contribution < 1.29 is 0 Å². The van der Waals surface area contributed by atoms with Crippen LogP contribution in [-0.4, -0.2) is 24.0 Å². The molecule has 1 heteroatoms. The molecule has 114 valence electrons. The third kappa shape index (κ3) is 2.16. The number of hydrogen-bond donors (Lipinski definition) is 0. The zero-order chi connectivity index (χ0) is 14.6. The number of benzene rings is 1. The second-order valence-corrected chi connectivity index (χ2v) is 8.56. The van der Waals surface area contributed by atoms with Crippen molar-refractivity contribution in [1.29, 1.82) is 0 Å². The maximum absolute atomic E-state index is 2.77. The van der Waals surface area contributed by atoms with E-state index in [9.17, 15) is 0 Å². The van der Waals surface area contributed by atoms with E-state index in [-0.39, 0.29) is 5.41 Å². The fraction of sp³-hybridized carbons (Fsp3) is 0.700. The molecule has 4 atom stereocenters. The predicted octanol–water partition coefficient (Wildman–Crippen LogP) is 4.57. The molecule has 3 fully saturated rings. The topological polar surface area (TPSA) is 3.24 Å². The number of nitrogens with zero attached hydrogens (tertiary/aromatic N) is 1. The summed E-state index contributed by atoms with van der Waals surface area (Å²) in [5.74, 6) is 2.75. The lowest BCUT2D eigenvalue weighted by atomic mass is 9.51. The molecule has 0 N–H and O–H groups in total. The maximum Gasteiger partial charge on any atom is 0.0130 e. The Morgan fingerprint density at radius 3 is 2.43 bits per heavy atom. The average molecular weight is 283 g/mol. The van der Waals surface area contributed by atoms with Crippen molar-refractivity contribution in [3.63, 3.8) is 0 Å². The second-order valence-electron chi connectivity index (χ2n) is 8.56. The first kappa shape index (κ1) is 13.8. The molecule has 21 heavy (non-hydrogen) atoms. The fourth-order valence-corrected chi connectivity index (χ4v) is 5.17. The number of fused-ring (bicyclic) bond motifs is 2. The summed E-state index contributed by atoms with van der Waals surface area (Å²) in [5.41, 5.74) is 3.54. The highest BCUT2D eigenvalue weighted by Gasteiger charge is 2.52. The SMILES string of the molecule is CC(C)(C)c1ccccc1C1C2CCC(N3CCC3)C1C2. The molecule has 0 aromatic heterocycles. The van der Waals surface area contributed by atoms with Crippen molar-refractivity contribution in [3.8, 4) is 0 Å². The molecule has 1 aromatic carbocycles. The van der Waals surface area contributed by atoms with Crippen LogP contribution in [0.2, 0.25) is 0 Å². The Morgan fingerprint density at radius 1 is 1.05 bits per heavy atom. The first-order valence-electron chi connectivity index (χ1n) is 8.89. The summed E-state index contributed by atoms with van der Waals surface area (Å²) in [7, 11) is 0. The van der Waals surface area contributed by atoms with Crippen LogP contribution in [-0.2, 0) is 5.41 Å². The Morgan fingerprint density at radius 2 is 1.81 bits per heavy atom. The van der Waals surface area contributed by atoms with Crippen molar-refractivity contribution in [1.82, 2.24) is 4.90 Å². The van der Waals surface area contributed by atoms with Gasteiger partial charge >= 0.3 is 0 Å². The molecule has 1 nitrogen and oxygen atoms in total. The lowest BCUT2D eigenvalue weighted by Gasteiger charge is -2.59. The van der Waals surface area contributed by atoms with Crippen molar-refractivity contribution in [2.24, 2.45) is 11.8 Å². The largest absolute Gasteiger partial charge is 0.300 e. The highest BCUT2D eigenvalue weighted by atomic mass is 15.2. The molecular formula is C20H29N. The Hall–Kier alpha value is -0.820. The van der Waals surface area contributed by atoms with Gasteiger partial charge in [0.2, 0.25) is 0 Å². The van der Waals surface area contributed by atoms with E-state index in [1.165, 1.54) is 38.8 Å². The minimum Gasteiger partial charge on any atom is -0.300 e. The quantitative estimate of drug-likeness (QED) is 0.768. The average Bonchev–Trinajstić information content (AvgIpc) is 2.36. The summed E-state index contributed by atoms with van der Waals surface area (Å²) in [4.78, 5) is 2.77. The standard InChI is InChI=1S/C20H29N/c1-20(2,3)17-8-5-4-7-15(17)19-14-9-10-18(16(19)13-14)21-11-6-12-21/h4-5,7-8,14,16,18-19H,6,9-13H2,1-3H3. The molecule has 0 radical (unpaired) electrons. The third-order valence-electron chi connectivity index (χ3n) is 6.36. The highest BCUT2D eigenvalue weighted by molar-refractivity contribution is 5.38. The number of rotatable bonds is 2. The zero-order valence-electron chi connectivity index (χ0n) is 13.8. The van der Waals surface area contributed by atoms with Gasteiger partial charge in [0.25, 0.3) is 0 Å². The van der Waals surface area contributed by atoms with E-state index in [0.29, 0.717) is 0 Å². The summed E-state index contributed by atoms with van der Waals surface area (Å²) in [5, 5.41) is 0. The van der Waals surface area contributed by atoms with Crippen LogP contribution >= 0.6 is 0 Å². The van der Waals surface area contributed by atoms with Crippen molar-refractivity contribution >= 4 is 0 Å². The van der Waals surface area contributed by atoms with E-state index in [4.69, 9.17) is 0 Å². The molecule has 2 aliphatic carbocycles. The van der Waals surface area contributed by atoms with Crippen LogP contribution in [0.4, 0.5) is 0 Å². The number of hydrogen-bond acceptors (Lipinski definition) is 1. The second kappa shape index (κ2) is 4.84. The van der Waals surface area contributed by atoms with E-state index in [1.54, 1.807) is 11.1 Å². The van der Waals surface area contributed by atoms with Crippen LogP contribution in [0.15, 0.2) is 24.3 Å². The van der Waals surface area contributed by atoms with Gasteiger partial charge in [0, 0.05) is 6.04 Å². The first-order chi connectivity index (χ1) is 10.1. The molecule has 1 heterocycles. The molecule has 0 amide bonds. The molecule has 2 saturated carbocycles. The van der Waals surface area contributed by atoms with E-state index >= 15 is 0 Å². The molecule has 1 aliphatic heterocycles. The van der Waals surface area contributed by atoms with Crippen molar-refractivity contribution in [3.05, 3.63) is 35.4 Å². The smallest absolute Gasteiger partial charge is 0.0130 e. The van der Waals surface area contributed by atoms with Crippen LogP contribution in [0.3, 0.4) is 0 Å². The summed E-state index contributed by atoms with van der Waals surface area (Å²) in [6.07, 6.45) is 5.84. The Labute approximate surface area is 129 Å². The van der Waals surface area contributed by atoms with Gasteiger partial charge in [-0.15, -0.1) is 0 Å². The van der Waals surface area contributed by atoms with Gasteiger partial charge in [-0.2, -0.15) is 0 Å². The normalized spacial score (nSPS) is 36.0. The molecular weight excluding hydrogens is 254 g/mol. The van der Waals surface area contributed by atoms with Crippen molar-refractivity contribution in [2.45, 2.75) is 63.8 Å². The fourth-order valence-electron chi connectivity index (χ4n) is 5.17. The van der Waals surface area contributed by atoms with E-state index in [0.717, 1.165) is 23.8 Å². The first-order valence-corrected chi connectivity index (χ1v) is 8.89. The van der Waals surface area contributed by atoms with Crippen LogP contribution in [0.25, 0.3) is 0 Å². The van der Waals surface area contributed by atoms with Crippen LogP contribution < -0.4 is 0 Å². The van der Waals surface area contributed by atoms with Gasteiger partial charge < -0.3 is 0 Å². The monoisotopic (exact) mass is 283 g/mol. The summed E-state index contributed by atoms with van der Waals surface area (Å²) in [6.45, 7) is 9.83. The van der Waals surface area contributed by atoms with Gasteiger partial charge in [0.05, 0.1) is 0 Å². The van der Waals surface area contributed by atoms with E-state index < -0.39 is 0 Å². The van der Waals surface area contributed by atoms with E-state index in [1.807, 2.05) is 0 Å². The van der Waals surface area contributed by atoms with Gasteiger partial charge in [0.15, 0.2) is 0 Å². The third-order valence-corrected chi connectivity index (χ3v) is 6.36. The highest BCUT2D eigenvalue weighted by Crippen LogP contribution is 2.58. The zero-order valence-corrected chi connectivity index (χ0v) is 13.8. The van der Waals surface area contributed by atoms with Crippen LogP contribution in [0, 0.1) is 11.8 Å². The lowest BCUT2D eigenvalue weighted by molar-refractivity contribution is -0.0462. The van der Waals surface area contributed by atoms with Gasteiger partial charge in [-0.1, -0.05) is 45.0 Å². The Balaban J connectivity index is 1.65. The maximum atomic E-state index is 2.77. The predicted molar refractivity (Wildman–Crippen MR) is 88.7 cm³/mol. The summed E-state index contributed by atoms with van der Waals surface area (Å²) < 4.78 is 0. The molecule has 3 aliphatic rings. The molecule has 2 bridgehead atoms. The van der Waals surface area contributed by atoms with Crippen LogP contribution in [0.1, 0.15) is 63.5 Å². The molecule has 1 aromatic rings. The molecule has 4 unspecified atom stereocenters. The van der Waals surface area contributed by atoms with Gasteiger partial charge in [-0.25, -0.2) is 0 Å². The molecule has 4 rings (SSSR count). The van der Waals surface area contributed by atoms with Crippen LogP contribution in [0.5, 0.6) is 0 Å². The van der Waals surface area contributed by atoms with E-state index in [2.05, 4.69) is 49.9 Å². The number of likely N-dealkylation sites (tertiary alicyclic amines) is 1. The molecule has 0 spiro atoms. The minimum atomic E-state index is 0.271. The summed E-state index contributed by atoms with van der Waals surface area (Å²) >= 11 is 0. The van der Waals surface area contributed by atoms with Crippen molar-refractivity contribution in [2.75, 3.05) is 13.1 Å². The Kier molecular flexibility index (Phi) is 3.19. The lowest BCUT2D eigenvalue weighted by Crippen LogP contribution is -2.57.